The van der Waals surface area contributed by atoms with E-state index >= 15 is 0 Å². The third-order valence-corrected chi connectivity index (χ3v) is 3.57. The molecule has 0 aliphatic carbocycles. The summed E-state index contributed by atoms with van der Waals surface area (Å²) in [5.41, 5.74) is 1.00. The van der Waals surface area contributed by atoms with Gasteiger partial charge in [-0.05, 0) is 12.1 Å². The van der Waals surface area contributed by atoms with E-state index in [9.17, 15) is 0 Å². The Balaban J connectivity index is 2.07. The van der Waals surface area contributed by atoms with Crippen molar-refractivity contribution in [3.63, 3.8) is 0 Å². The molecule has 0 unspecified atom stereocenters. The molecule has 0 saturated heterocycles. The minimum absolute atomic E-state index is 0.352. The monoisotopic (exact) mass is 244 g/mol. The van der Waals surface area contributed by atoms with E-state index in [1.54, 1.807) is 11.3 Å². The summed E-state index contributed by atoms with van der Waals surface area (Å²) in [7, 11) is 0. The lowest BCUT2D eigenvalue weighted by Gasteiger charge is -1.94. The van der Waals surface area contributed by atoms with E-state index in [0.29, 0.717) is 11.7 Å². The molecule has 0 fully saturated rings. The highest BCUT2D eigenvalue weighted by molar-refractivity contribution is 7.21. The SMILES string of the molecule is CC(C)c1nc(-c2nc3ccccc3s2)n[nH]1. The molecule has 2 heterocycles. The standard InChI is InChI=1S/C12H12N4S/c1-7(2)10-14-11(16-15-10)12-13-8-5-3-4-6-9(8)17-12/h3-7H,1-2H3,(H,14,15,16). The fraction of sp³-hybridized carbons (Fsp3) is 0.250. The zero-order valence-electron chi connectivity index (χ0n) is 9.64. The number of fused-ring (bicyclic) bond motifs is 1. The van der Waals surface area contributed by atoms with Gasteiger partial charge in [-0.2, -0.15) is 5.10 Å². The van der Waals surface area contributed by atoms with Gasteiger partial charge in [-0.25, -0.2) is 9.97 Å². The molecule has 0 bridgehead atoms. The number of nitrogens with zero attached hydrogens (tertiary/aromatic N) is 3. The number of H-pyrrole nitrogens is 1. The van der Waals surface area contributed by atoms with E-state index in [0.717, 1.165) is 16.3 Å². The molecule has 1 aromatic carbocycles. The van der Waals surface area contributed by atoms with Gasteiger partial charge in [0.2, 0.25) is 5.82 Å². The van der Waals surface area contributed by atoms with Crippen LogP contribution in [-0.4, -0.2) is 20.2 Å². The minimum atomic E-state index is 0.352. The Morgan fingerprint density at radius 1 is 1.18 bits per heavy atom. The highest BCUT2D eigenvalue weighted by atomic mass is 32.1. The largest absolute Gasteiger partial charge is 0.262 e. The van der Waals surface area contributed by atoms with E-state index in [1.807, 2.05) is 18.2 Å². The van der Waals surface area contributed by atoms with Gasteiger partial charge in [-0.3, -0.25) is 5.10 Å². The Labute approximate surface area is 103 Å². The van der Waals surface area contributed by atoms with E-state index in [4.69, 9.17) is 0 Å². The van der Waals surface area contributed by atoms with Crippen molar-refractivity contribution in [3.8, 4) is 10.8 Å². The number of rotatable bonds is 2. The maximum atomic E-state index is 4.53. The second-order valence-corrected chi connectivity index (χ2v) is 5.22. The van der Waals surface area contributed by atoms with Crippen molar-refractivity contribution >= 4 is 21.6 Å². The van der Waals surface area contributed by atoms with Gasteiger partial charge in [0.05, 0.1) is 10.2 Å². The third kappa shape index (κ3) is 1.82. The molecule has 3 aromatic rings. The molecule has 86 valence electrons. The number of aromatic nitrogens is 4. The Morgan fingerprint density at radius 3 is 2.71 bits per heavy atom. The van der Waals surface area contributed by atoms with Crippen LogP contribution in [0.25, 0.3) is 21.0 Å². The third-order valence-electron chi connectivity index (χ3n) is 2.53. The first-order valence-corrected chi connectivity index (χ1v) is 6.34. The van der Waals surface area contributed by atoms with E-state index in [-0.39, 0.29) is 0 Å². The van der Waals surface area contributed by atoms with Gasteiger partial charge in [0.15, 0.2) is 5.01 Å². The molecule has 2 aromatic heterocycles. The van der Waals surface area contributed by atoms with Crippen LogP contribution < -0.4 is 0 Å². The molecular formula is C12H12N4S. The molecule has 4 nitrogen and oxygen atoms in total. The molecule has 0 atom stereocenters. The summed E-state index contributed by atoms with van der Waals surface area (Å²) >= 11 is 1.62. The van der Waals surface area contributed by atoms with Crippen molar-refractivity contribution in [2.24, 2.45) is 0 Å². The van der Waals surface area contributed by atoms with Crippen LogP contribution in [0.15, 0.2) is 24.3 Å². The van der Waals surface area contributed by atoms with Gasteiger partial charge >= 0.3 is 0 Å². The average Bonchev–Trinajstić information content (AvgIpc) is 2.95. The smallest absolute Gasteiger partial charge is 0.210 e. The van der Waals surface area contributed by atoms with Crippen LogP contribution in [-0.2, 0) is 0 Å². The van der Waals surface area contributed by atoms with Crippen LogP contribution in [0.4, 0.5) is 0 Å². The van der Waals surface area contributed by atoms with Crippen molar-refractivity contribution in [1.29, 1.82) is 0 Å². The summed E-state index contributed by atoms with van der Waals surface area (Å²) < 4.78 is 1.17. The summed E-state index contributed by atoms with van der Waals surface area (Å²) in [6, 6.07) is 8.07. The predicted octanol–water partition coefficient (Wildman–Crippen LogP) is 3.20. The summed E-state index contributed by atoms with van der Waals surface area (Å²) in [6.45, 7) is 4.17. The molecule has 0 aliphatic heterocycles. The van der Waals surface area contributed by atoms with Crippen LogP contribution >= 0.6 is 11.3 Å². The summed E-state index contributed by atoms with van der Waals surface area (Å²) in [5.74, 6) is 1.94. The molecule has 0 amide bonds. The summed E-state index contributed by atoms with van der Waals surface area (Å²) in [6.07, 6.45) is 0. The zero-order valence-corrected chi connectivity index (χ0v) is 10.5. The number of hydrogen-bond donors (Lipinski definition) is 1. The number of thiazole rings is 1. The van der Waals surface area contributed by atoms with Crippen molar-refractivity contribution in [2.75, 3.05) is 0 Å². The Morgan fingerprint density at radius 2 is 2.00 bits per heavy atom. The Kier molecular flexibility index (Phi) is 2.40. The van der Waals surface area contributed by atoms with Crippen LogP contribution in [0.1, 0.15) is 25.6 Å². The van der Waals surface area contributed by atoms with Gasteiger partial charge in [0.25, 0.3) is 0 Å². The quantitative estimate of drug-likeness (QED) is 0.753. The van der Waals surface area contributed by atoms with E-state index < -0.39 is 0 Å². The number of hydrogen-bond acceptors (Lipinski definition) is 4. The average molecular weight is 244 g/mol. The number of nitrogens with one attached hydrogen (secondary N) is 1. The lowest BCUT2D eigenvalue weighted by Crippen LogP contribution is -1.89. The van der Waals surface area contributed by atoms with Crippen LogP contribution in [0.3, 0.4) is 0 Å². The lowest BCUT2D eigenvalue weighted by atomic mass is 10.2. The minimum Gasteiger partial charge on any atom is -0.262 e. The first-order valence-electron chi connectivity index (χ1n) is 5.52. The zero-order chi connectivity index (χ0) is 11.8. The topological polar surface area (TPSA) is 54.5 Å². The van der Waals surface area contributed by atoms with Crippen molar-refractivity contribution < 1.29 is 0 Å². The highest BCUT2D eigenvalue weighted by Gasteiger charge is 2.12. The summed E-state index contributed by atoms with van der Waals surface area (Å²) in [4.78, 5) is 8.99. The fourth-order valence-corrected chi connectivity index (χ4v) is 2.50. The van der Waals surface area contributed by atoms with E-state index in [1.165, 1.54) is 4.70 Å². The molecule has 1 N–H and O–H groups in total. The molecule has 0 radical (unpaired) electrons. The maximum Gasteiger partial charge on any atom is 0.210 e. The Bertz CT molecular complexity index is 620. The summed E-state index contributed by atoms with van der Waals surface area (Å²) in [5, 5.41) is 8.04. The molecule has 5 heteroatoms. The van der Waals surface area contributed by atoms with Crippen LogP contribution in [0, 0.1) is 0 Å². The second kappa shape index (κ2) is 3.92. The molecule has 0 aliphatic rings. The molecule has 17 heavy (non-hydrogen) atoms. The molecule has 0 saturated carbocycles. The molecule has 0 spiro atoms. The molecule has 3 rings (SSSR count). The first-order chi connectivity index (χ1) is 8.24. The number of para-hydroxylation sites is 1. The van der Waals surface area contributed by atoms with Gasteiger partial charge in [-0.1, -0.05) is 26.0 Å². The lowest BCUT2D eigenvalue weighted by molar-refractivity contribution is 0.781. The van der Waals surface area contributed by atoms with Crippen LogP contribution in [0.5, 0.6) is 0 Å². The van der Waals surface area contributed by atoms with Gasteiger partial charge in [0, 0.05) is 5.92 Å². The molecular weight excluding hydrogens is 232 g/mol. The highest BCUT2D eigenvalue weighted by Crippen LogP contribution is 2.28. The van der Waals surface area contributed by atoms with Gasteiger partial charge in [-0.15, -0.1) is 11.3 Å². The van der Waals surface area contributed by atoms with Gasteiger partial charge < -0.3 is 0 Å². The van der Waals surface area contributed by atoms with Crippen LogP contribution in [0.2, 0.25) is 0 Å². The normalized spacial score (nSPS) is 11.5. The number of benzene rings is 1. The fourth-order valence-electron chi connectivity index (χ4n) is 1.60. The van der Waals surface area contributed by atoms with Crippen molar-refractivity contribution in [3.05, 3.63) is 30.1 Å². The predicted molar refractivity (Wildman–Crippen MR) is 69.1 cm³/mol. The van der Waals surface area contributed by atoms with Crippen molar-refractivity contribution in [2.45, 2.75) is 19.8 Å². The Hall–Kier alpha value is -1.75. The van der Waals surface area contributed by atoms with Gasteiger partial charge in [0.1, 0.15) is 5.82 Å². The van der Waals surface area contributed by atoms with Crippen molar-refractivity contribution in [1.82, 2.24) is 20.2 Å². The maximum absolute atomic E-state index is 4.53. The second-order valence-electron chi connectivity index (χ2n) is 4.19. The number of aromatic amines is 1. The van der Waals surface area contributed by atoms with E-state index in [2.05, 4.69) is 40.1 Å². The first kappa shape index (κ1) is 10.4.